The van der Waals surface area contributed by atoms with Crippen molar-refractivity contribution in [3.63, 3.8) is 0 Å². The van der Waals surface area contributed by atoms with Gasteiger partial charge in [-0.25, -0.2) is 4.98 Å². The Bertz CT molecular complexity index is 1010. The zero-order valence-electron chi connectivity index (χ0n) is 15.3. The number of aromatic nitrogens is 2. The highest BCUT2D eigenvalue weighted by molar-refractivity contribution is 7.17. The molecule has 0 unspecified atom stereocenters. The number of aryl methyl sites for hydroxylation is 1. The third kappa shape index (κ3) is 4.22. The van der Waals surface area contributed by atoms with Crippen LogP contribution in [-0.4, -0.2) is 22.6 Å². The van der Waals surface area contributed by atoms with Gasteiger partial charge in [0, 0.05) is 35.4 Å². The van der Waals surface area contributed by atoms with Crippen LogP contribution in [0.3, 0.4) is 0 Å². The number of hydrogen-bond donors (Lipinski definition) is 0. The van der Waals surface area contributed by atoms with Crippen molar-refractivity contribution in [1.82, 2.24) is 9.55 Å². The predicted molar refractivity (Wildman–Crippen MR) is 110 cm³/mol. The molecule has 0 radical (unpaired) electrons. The first-order valence-electron chi connectivity index (χ1n) is 8.88. The zero-order valence-corrected chi connectivity index (χ0v) is 16.9. The quantitative estimate of drug-likeness (QED) is 0.536. The maximum absolute atomic E-state index is 13.3. The van der Waals surface area contributed by atoms with Gasteiger partial charge in [0.15, 0.2) is 0 Å². The second-order valence-corrected chi connectivity index (χ2v) is 7.55. The number of carbonyl (C=O) groups is 1. The Morgan fingerprint density at radius 2 is 2.04 bits per heavy atom. The van der Waals surface area contributed by atoms with Gasteiger partial charge in [-0.1, -0.05) is 30.7 Å². The summed E-state index contributed by atoms with van der Waals surface area (Å²) in [7, 11) is 1.37. The van der Waals surface area contributed by atoms with Gasteiger partial charge in [-0.15, -0.1) is 11.3 Å². The maximum atomic E-state index is 13.3. The Balaban J connectivity index is 2.06. The average Bonchev–Trinajstić information content (AvgIpc) is 3.09. The lowest BCUT2D eigenvalue weighted by atomic mass is 10.1. The van der Waals surface area contributed by atoms with Crippen LogP contribution in [0.5, 0.6) is 0 Å². The third-order valence-electron chi connectivity index (χ3n) is 4.39. The number of halogens is 1. The first-order chi connectivity index (χ1) is 13.0. The highest BCUT2D eigenvalue weighted by Crippen LogP contribution is 2.31. The summed E-state index contributed by atoms with van der Waals surface area (Å²) in [5, 5.41) is 3.25. The Morgan fingerprint density at radius 1 is 1.30 bits per heavy atom. The van der Waals surface area contributed by atoms with Crippen LogP contribution in [0.1, 0.15) is 32.0 Å². The Hall–Kier alpha value is -2.18. The van der Waals surface area contributed by atoms with Crippen molar-refractivity contribution < 1.29 is 9.53 Å². The molecular weight excluding hydrogens is 384 g/mol. The summed E-state index contributed by atoms with van der Waals surface area (Å²) in [6.45, 7) is 2.50. The highest BCUT2D eigenvalue weighted by atomic mass is 35.5. The normalized spacial score (nSPS) is 11.1. The summed E-state index contributed by atoms with van der Waals surface area (Å²) >= 11 is 7.46. The summed E-state index contributed by atoms with van der Waals surface area (Å²) in [6.07, 6.45) is 2.43. The van der Waals surface area contributed by atoms with E-state index >= 15 is 0 Å². The molecule has 0 bridgehead atoms. The molecule has 3 aromatic rings. The summed E-state index contributed by atoms with van der Waals surface area (Å²) in [5.41, 5.74) is 1.75. The van der Waals surface area contributed by atoms with Gasteiger partial charge >= 0.3 is 5.97 Å². The number of carbonyl (C=O) groups excluding carboxylic acids is 1. The van der Waals surface area contributed by atoms with Gasteiger partial charge in [-0.05, 0) is 30.5 Å². The Labute approximate surface area is 166 Å². The van der Waals surface area contributed by atoms with Crippen LogP contribution in [0.4, 0.5) is 0 Å². The largest absolute Gasteiger partial charge is 0.469 e. The second kappa shape index (κ2) is 8.67. The topological polar surface area (TPSA) is 61.2 Å². The molecule has 0 aliphatic heterocycles. The number of methoxy groups -OCH3 is 1. The molecule has 0 saturated carbocycles. The van der Waals surface area contributed by atoms with E-state index in [2.05, 4.69) is 11.7 Å². The first kappa shape index (κ1) is 19.6. The molecule has 0 spiro atoms. The number of hydrogen-bond acceptors (Lipinski definition) is 5. The van der Waals surface area contributed by atoms with Crippen LogP contribution in [0.2, 0.25) is 5.02 Å². The van der Waals surface area contributed by atoms with Gasteiger partial charge < -0.3 is 4.74 Å². The highest BCUT2D eigenvalue weighted by Gasteiger charge is 2.17. The lowest BCUT2D eigenvalue weighted by Crippen LogP contribution is -2.25. The molecule has 142 valence electrons. The van der Waals surface area contributed by atoms with E-state index in [1.807, 2.05) is 29.6 Å². The molecule has 3 rings (SSSR count). The monoisotopic (exact) mass is 404 g/mol. The van der Waals surface area contributed by atoms with E-state index in [9.17, 15) is 9.59 Å². The van der Waals surface area contributed by atoms with Crippen LogP contribution >= 0.6 is 22.9 Å². The van der Waals surface area contributed by atoms with Gasteiger partial charge in [0.05, 0.1) is 12.5 Å². The minimum atomic E-state index is -0.272. The SMILES string of the molecule is CCCc1nc2scc(-c3ccc(Cl)cc3)c2c(=O)n1CCCC(=O)OC. The number of benzene rings is 1. The van der Waals surface area contributed by atoms with Crippen LogP contribution in [-0.2, 0) is 22.5 Å². The van der Waals surface area contributed by atoms with Crippen LogP contribution in [0.15, 0.2) is 34.4 Å². The summed E-state index contributed by atoms with van der Waals surface area (Å²) < 4.78 is 6.40. The number of nitrogens with zero attached hydrogens (tertiary/aromatic N) is 2. The van der Waals surface area contributed by atoms with Crippen molar-refractivity contribution in [3.05, 3.63) is 50.8 Å². The van der Waals surface area contributed by atoms with E-state index in [1.165, 1.54) is 18.4 Å². The summed E-state index contributed by atoms with van der Waals surface area (Å²) in [5.74, 6) is 0.496. The van der Waals surface area contributed by atoms with Crippen molar-refractivity contribution in [2.75, 3.05) is 7.11 Å². The molecular formula is C20H21ClN2O3S. The van der Waals surface area contributed by atoms with E-state index in [0.717, 1.165) is 34.6 Å². The predicted octanol–water partition coefficient (Wildman–Crippen LogP) is 4.68. The molecule has 5 nitrogen and oxygen atoms in total. The average molecular weight is 405 g/mol. The fourth-order valence-electron chi connectivity index (χ4n) is 3.04. The minimum absolute atomic E-state index is 0.0560. The van der Waals surface area contributed by atoms with Crippen molar-refractivity contribution in [1.29, 1.82) is 0 Å². The van der Waals surface area contributed by atoms with E-state index in [-0.39, 0.29) is 17.9 Å². The molecule has 1 aromatic carbocycles. The molecule has 0 aliphatic rings. The zero-order chi connectivity index (χ0) is 19.4. The molecule has 0 amide bonds. The Kier molecular flexibility index (Phi) is 6.29. The lowest BCUT2D eigenvalue weighted by Gasteiger charge is -2.12. The molecule has 2 aromatic heterocycles. The Morgan fingerprint density at radius 3 is 2.70 bits per heavy atom. The van der Waals surface area contributed by atoms with Crippen molar-refractivity contribution in [2.45, 2.75) is 39.2 Å². The maximum Gasteiger partial charge on any atom is 0.305 e. The number of fused-ring (bicyclic) bond motifs is 1. The van der Waals surface area contributed by atoms with Crippen molar-refractivity contribution in [2.24, 2.45) is 0 Å². The lowest BCUT2D eigenvalue weighted by molar-refractivity contribution is -0.140. The smallest absolute Gasteiger partial charge is 0.305 e. The fourth-order valence-corrected chi connectivity index (χ4v) is 4.12. The van der Waals surface area contributed by atoms with Gasteiger partial charge in [0.1, 0.15) is 10.7 Å². The molecule has 0 aliphatic carbocycles. The van der Waals surface area contributed by atoms with Gasteiger partial charge in [0.25, 0.3) is 5.56 Å². The van der Waals surface area contributed by atoms with E-state index in [1.54, 1.807) is 4.57 Å². The van der Waals surface area contributed by atoms with Crippen molar-refractivity contribution in [3.8, 4) is 11.1 Å². The van der Waals surface area contributed by atoms with Crippen LogP contribution in [0.25, 0.3) is 21.3 Å². The number of thiophene rings is 1. The van der Waals surface area contributed by atoms with Crippen LogP contribution in [0, 0.1) is 0 Å². The summed E-state index contributed by atoms with van der Waals surface area (Å²) in [6, 6.07) is 7.44. The first-order valence-corrected chi connectivity index (χ1v) is 10.1. The second-order valence-electron chi connectivity index (χ2n) is 6.25. The fraction of sp³-hybridized carbons (Fsp3) is 0.350. The van der Waals surface area contributed by atoms with Gasteiger partial charge in [-0.2, -0.15) is 0 Å². The standard InChI is InChI=1S/C20H21ClN2O3S/c1-3-5-16-22-19-18(20(25)23(16)11-4-6-17(24)26-2)15(12-27-19)13-7-9-14(21)10-8-13/h7-10,12H,3-6,11H2,1-2H3. The van der Waals surface area contributed by atoms with E-state index < -0.39 is 0 Å². The van der Waals surface area contributed by atoms with Crippen molar-refractivity contribution >= 4 is 39.1 Å². The molecule has 7 heteroatoms. The molecule has 0 atom stereocenters. The number of ether oxygens (including phenoxy) is 1. The summed E-state index contributed by atoms with van der Waals surface area (Å²) in [4.78, 5) is 30.2. The third-order valence-corrected chi connectivity index (χ3v) is 5.52. The van der Waals surface area contributed by atoms with E-state index in [0.29, 0.717) is 23.4 Å². The number of rotatable bonds is 7. The molecule has 2 heterocycles. The molecule has 0 saturated heterocycles. The van der Waals surface area contributed by atoms with E-state index in [4.69, 9.17) is 16.6 Å². The van der Waals surface area contributed by atoms with Gasteiger partial charge in [0.2, 0.25) is 0 Å². The van der Waals surface area contributed by atoms with Gasteiger partial charge in [-0.3, -0.25) is 14.2 Å². The molecule has 0 N–H and O–H groups in total. The molecule has 0 fully saturated rings. The molecule has 27 heavy (non-hydrogen) atoms. The minimum Gasteiger partial charge on any atom is -0.469 e. The number of esters is 1. The van der Waals surface area contributed by atoms with Crippen LogP contribution < -0.4 is 5.56 Å².